The first-order chi connectivity index (χ1) is 12.9. The summed E-state index contributed by atoms with van der Waals surface area (Å²) in [6.45, 7) is 5.28. The van der Waals surface area contributed by atoms with E-state index in [0.29, 0.717) is 5.95 Å². The summed E-state index contributed by atoms with van der Waals surface area (Å²) in [5.74, 6) is 1.32. The van der Waals surface area contributed by atoms with Crippen LogP contribution in [0.1, 0.15) is 0 Å². The van der Waals surface area contributed by atoms with Crippen LogP contribution >= 0.6 is 0 Å². The minimum absolute atomic E-state index is 0.600. The van der Waals surface area contributed by atoms with Crippen LogP contribution in [0.3, 0.4) is 0 Å². The Labute approximate surface area is 152 Å². The van der Waals surface area contributed by atoms with E-state index in [-0.39, 0.29) is 0 Å². The fourth-order valence-electron chi connectivity index (χ4n) is 2.96. The molecular weight excluding hydrogens is 330 g/mol. The average Bonchev–Trinajstić information content (AvgIpc) is 3.24. The molecule has 0 radical (unpaired) electrons. The number of hydrogen-bond acceptors (Lipinski definition) is 7. The van der Waals surface area contributed by atoms with Crippen molar-refractivity contribution >= 4 is 5.95 Å². The molecule has 1 aliphatic heterocycles. The molecule has 0 atom stereocenters. The van der Waals surface area contributed by atoms with Crippen molar-refractivity contribution in [3.8, 4) is 22.6 Å². The SMILES string of the molecule is c1coc(-c2nc(NCCN3CCOCC3)ncc2-c2ccncc2)c1. The molecule has 1 saturated heterocycles. The molecule has 1 aliphatic rings. The lowest BCUT2D eigenvalue weighted by Gasteiger charge is -2.26. The van der Waals surface area contributed by atoms with E-state index in [2.05, 4.69) is 20.2 Å². The molecule has 7 heteroatoms. The summed E-state index contributed by atoms with van der Waals surface area (Å²) in [6.07, 6.45) is 7.00. The van der Waals surface area contributed by atoms with Crippen LogP contribution in [0.15, 0.2) is 53.5 Å². The summed E-state index contributed by atoms with van der Waals surface area (Å²) in [5, 5.41) is 3.31. The average molecular weight is 351 g/mol. The minimum Gasteiger partial charge on any atom is -0.463 e. The van der Waals surface area contributed by atoms with E-state index in [0.717, 1.165) is 62.0 Å². The molecule has 4 rings (SSSR count). The van der Waals surface area contributed by atoms with Crippen LogP contribution in [0, 0.1) is 0 Å². The molecule has 7 nitrogen and oxygen atoms in total. The lowest BCUT2D eigenvalue weighted by Crippen LogP contribution is -2.39. The third-order valence-corrected chi connectivity index (χ3v) is 4.35. The van der Waals surface area contributed by atoms with Crippen LogP contribution in [-0.4, -0.2) is 59.2 Å². The zero-order chi connectivity index (χ0) is 17.6. The molecule has 26 heavy (non-hydrogen) atoms. The van der Waals surface area contributed by atoms with Gasteiger partial charge in [0.2, 0.25) is 5.95 Å². The van der Waals surface area contributed by atoms with E-state index < -0.39 is 0 Å². The summed E-state index contributed by atoms with van der Waals surface area (Å²) >= 11 is 0. The van der Waals surface area contributed by atoms with Gasteiger partial charge >= 0.3 is 0 Å². The van der Waals surface area contributed by atoms with E-state index >= 15 is 0 Å². The molecule has 4 heterocycles. The largest absolute Gasteiger partial charge is 0.463 e. The third kappa shape index (κ3) is 3.89. The van der Waals surface area contributed by atoms with Gasteiger partial charge in [0.15, 0.2) is 5.76 Å². The van der Waals surface area contributed by atoms with Gasteiger partial charge in [-0.1, -0.05) is 0 Å². The van der Waals surface area contributed by atoms with Crippen LogP contribution in [-0.2, 0) is 4.74 Å². The van der Waals surface area contributed by atoms with Crippen LogP contribution < -0.4 is 5.32 Å². The molecule has 0 spiro atoms. The summed E-state index contributed by atoms with van der Waals surface area (Å²) < 4.78 is 11.0. The van der Waals surface area contributed by atoms with Crippen molar-refractivity contribution in [1.82, 2.24) is 19.9 Å². The number of furan rings is 1. The normalized spacial score (nSPS) is 15.1. The number of ether oxygens (including phenoxy) is 1. The van der Waals surface area contributed by atoms with Gasteiger partial charge in [0.25, 0.3) is 0 Å². The Hall–Kier alpha value is -2.77. The van der Waals surface area contributed by atoms with Gasteiger partial charge in [-0.05, 0) is 29.8 Å². The fourth-order valence-corrected chi connectivity index (χ4v) is 2.96. The topological polar surface area (TPSA) is 76.3 Å². The quantitative estimate of drug-likeness (QED) is 0.731. The number of hydrogen-bond donors (Lipinski definition) is 1. The van der Waals surface area contributed by atoms with Crippen molar-refractivity contribution in [1.29, 1.82) is 0 Å². The van der Waals surface area contributed by atoms with E-state index in [1.54, 1.807) is 18.7 Å². The van der Waals surface area contributed by atoms with Crippen molar-refractivity contribution < 1.29 is 9.15 Å². The van der Waals surface area contributed by atoms with Crippen LogP contribution in [0.2, 0.25) is 0 Å². The Bertz CT molecular complexity index is 817. The molecule has 134 valence electrons. The fraction of sp³-hybridized carbons (Fsp3) is 0.316. The molecular formula is C19H21N5O2. The Morgan fingerprint density at radius 2 is 1.96 bits per heavy atom. The number of nitrogens with one attached hydrogen (secondary N) is 1. The van der Waals surface area contributed by atoms with Crippen molar-refractivity contribution in [2.75, 3.05) is 44.7 Å². The molecule has 0 amide bonds. The first-order valence-electron chi connectivity index (χ1n) is 8.75. The zero-order valence-electron chi connectivity index (χ0n) is 14.5. The Kier molecular flexibility index (Phi) is 5.18. The number of nitrogens with zero attached hydrogens (tertiary/aromatic N) is 4. The van der Waals surface area contributed by atoms with Crippen LogP contribution in [0.5, 0.6) is 0 Å². The van der Waals surface area contributed by atoms with Gasteiger partial charge in [-0.3, -0.25) is 9.88 Å². The Morgan fingerprint density at radius 1 is 1.12 bits per heavy atom. The molecule has 3 aromatic rings. The molecule has 0 unspecified atom stereocenters. The van der Waals surface area contributed by atoms with E-state index in [9.17, 15) is 0 Å². The predicted molar refractivity (Wildman–Crippen MR) is 98.7 cm³/mol. The van der Waals surface area contributed by atoms with Crippen molar-refractivity contribution in [2.24, 2.45) is 0 Å². The number of anilines is 1. The monoisotopic (exact) mass is 351 g/mol. The summed E-state index contributed by atoms with van der Waals surface area (Å²) in [6, 6.07) is 7.65. The van der Waals surface area contributed by atoms with E-state index in [4.69, 9.17) is 14.1 Å². The molecule has 3 aromatic heterocycles. The van der Waals surface area contributed by atoms with Crippen molar-refractivity contribution in [3.05, 3.63) is 49.1 Å². The standard InChI is InChI=1S/C19H21N5O2/c1-2-17(26-11-1)18-16(15-3-5-20-6-4-15)14-22-19(23-18)21-7-8-24-9-12-25-13-10-24/h1-6,11,14H,7-10,12-13H2,(H,21,22,23). The Balaban J connectivity index is 1.52. The van der Waals surface area contributed by atoms with Crippen LogP contribution in [0.4, 0.5) is 5.95 Å². The van der Waals surface area contributed by atoms with Crippen molar-refractivity contribution in [3.63, 3.8) is 0 Å². The second kappa shape index (κ2) is 8.07. The summed E-state index contributed by atoms with van der Waals surface area (Å²) in [5.41, 5.74) is 2.69. The molecule has 0 aromatic carbocycles. The molecule has 0 bridgehead atoms. The van der Waals surface area contributed by atoms with Gasteiger partial charge in [0, 0.05) is 50.3 Å². The number of aromatic nitrogens is 3. The van der Waals surface area contributed by atoms with Gasteiger partial charge < -0.3 is 14.5 Å². The van der Waals surface area contributed by atoms with Crippen LogP contribution in [0.25, 0.3) is 22.6 Å². The second-order valence-electron chi connectivity index (χ2n) is 6.05. The zero-order valence-corrected chi connectivity index (χ0v) is 14.5. The second-order valence-corrected chi connectivity index (χ2v) is 6.05. The number of rotatable bonds is 6. The smallest absolute Gasteiger partial charge is 0.223 e. The maximum Gasteiger partial charge on any atom is 0.223 e. The van der Waals surface area contributed by atoms with Gasteiger partial charge in [-0.15, -0.1) is 0 Å². The van der Waals surface area contributed by atoms with Gasteiger partial charge in [0.05, 0.1) is 19.5 Å². The first kappa shape index (κ1) is 16.7. The first-order valence-corrected chi connectivity index (χ1v) is 8.75. The highest BCUT2D eigenvalue weighted by molar-refractivity contribution is 5.78. The van der Waals surface area contributed by atoms with E-state index in [1.165, 1.54) is 0 Å². The van der Waals surface area contributed by atoms with Gasteiger partial charge in [-0.2, -0.15) is 0 Å². The molecule has 1 N–H and O–H groups in total. The number of morpholine rings is 1. The molecule has 1 fully saturated rings. The minimum atomic E-state index is 0.600. The summed E-state index contributed by atoms with van der Waals surface area (Å²) in [4.78, 5) is 15.6. The highest BCUT2D eigenvalue weighted by atomic mass is 16.5. The lowest BCUT2D eigenvalue weighted by molar-refractivity contribution is 0.0398. The maximum atomic E-state index is 5.58. The molecule has 0 saturated carbocycles. The van der Waals surface area contributed by atoms with Gasteiger partial charge in [-0.25, -0.2) is 9.97 Å². The molecule has 0 aliphatic carbocycles. The van der Waals surface area contributed by atoms with E-state index in [1.807, 2.05) is 30.5 Å². The predicted octanol–water partition coefficient (Wildman–Crippen LogP) is 2.54. The maximum absolute atomic E-state index is 5.58. The Morgan fingerprint density at radius 3 is 2.73 bits per heavy atom. The summed E-state index contributed by atoms with van der Waals surface area (Å²) in [7, 11) is 0. The van der Waals surface area contributed by atoms with Crippen molar-refractivity contribution in [2.45, 2.75) is 0 Å². The lowest BCUT2D eigenvalue weighted by atomic mass is 10.1. The van der Waals surface area contributed by atoms with Gasteiger partial charge in [0.1, 0.15) is 5.69 Å². The highest BCUT2D eigenvalue weighted by Gasteiger charge is 2.14. The highest BCUT2D eigenvalue weighted by Crippen LogP contribution is 2.30. The third-order valence-electron chi connectivity index (χ3n) is 4.35. The number of pyridine rings is 1.